The van der Waals surface area contributed by atoms with Crippen LogP contribution in [0.5, 0.6) is 5.75 Å². The van der Waals surface area contributed by atoms with Crippen LogP contribution in [0.4, 0.5) is 0 Å². The Kier molecular flexibility index (Phi) is 4.61. The fourth-order valence-corrected chi connectivity index (χ4v) is 2.34. The lowest BCUT2D eigenvalue weighted by Crippen LogP contribution is -2.28. The van der Waals surface area contributed by atoms with Crippen LogP contribution in [0.15, 0.2) is 40.9 Å². The van der Waals surface area contributed by atoms with E-state index in [0.717, 1.165) is 23.2 Å². The van der Waals surface area contributed by atoms with Crippen LogP contribution in [0.25, 0.3) is 10.8 Å². The van der Waals surface area contributed by atoms with Crippen LogP contribution in [-0.4, -0.2) is 19.7 Å². The molecule has 1 unspecified atom stereocenters. The fourth-order valence-electron chi connectivity index (χ4n) is 1.96. The van der Waals surface area contributed by atoms with E-state index in [1.54, 1.807) is 0 Å². The van der Waals surface area contributed by atoms with E-state index in [0.29, 0.717) is 0 Å². The SMILES string of the molecule is CCC(CNC)Oc1ccc2cc(Br)ccc2c1. The van der Waals surface area contributed by atoms with E-state index in [4.69, 9.17) is 4.74 Å². The van der Waals surface area contributed by atoms with Crippen LogP contribution in [0.1, 0.15) is 13.3 Å². The highest BCUT2D eigenvalue weighted by atomic mass is 79.9. The summed E-state index contributed by atoms with van der Waals surface area (Å²) >= 11 is 3.48. The molecule has 18 heavy (non-hydrogen) atoms. The first-order valence-corrected chi connectivity index (χ1v) is 7.03. The maximum atomic E-state index is 5.97. The quantitative estimate of drug-likeness (QED) is 0.902. The maximum absolute atomic E-state index is 5.97. The molecule has 0 aromatic heterocycles. The van der Waals surface area contributed by atoms with Crippen molar-refractivity contribution in [3.63, 3.8) is 0 Å². The van der Waals surface area contributed by atoms with E-state index >= 15 is 0 Å². The molecule has 0 amide bonds. The van der Waals surface area contributed by atoms with Crippen molar-refractivity contribution in [3.8, 4) is 5.75 Å². The predicted octanol–water partition coefficient (Wildman–Crippen LogP) is 3.98. The van der Waals surface area contributed by atoms with Gasteiger partial charge in [-0.05, 0) is 48.5 Å². The molecule has 0 radical (unpaired) electrons. The molecule has 96 valence electrons. The fraction of sp³-hybridized carbons (Fsp3) is 0.333. The van der Waals surface area contributed by atoms with E-state index in [1.165, 1.54) is 10.8 Å². The van der Waals surface area contributed by atoms with Crippen LogP contribution in [0.2, 0.25) is 0 Å². The third kappa shape index (κ3) is 3.24. The minimum Gasteiger partial charge on any atom is -0.489 e. The summed E-state index contributed by atoms with van der Waals surface area (Å²) in [5, 5.41) is 5.58. The number of fused-ring (bicyclic) bond motifs is 1. The Hall–Kier alpha value is -1.06. The van der Waals surface area contributed by atoms with Crippen molar-refractivity contribution >= 4 is 26.7 Å². The smallest absolute Gasteiger partial charge is 0.120 e. The van der Waals surface area contributed by atoms with E-state index < -0.39 is 0 Å². The van der Waals surface area contributed by atoms with Crippen molar-refractivity contribution in [1.29, 1.82) is 0 Å². The molecule has 2 rings (SSSR count). The van der Waals surface area contributed by atoms with E-state index in [2.05, 4.69) is 58.5 Å². The molecular formula is C15H18BrNO. The van der Waals surface area contributed by atoms with Crippen molar-refractivity contribution in [2.24, 2.45) is 0 Å². The van der Waals surface area contributed by atoms with Gasteiger partial charge < -0.3 is 10.1 Å². The van der Waals surface area contributed by atoms with Gasteiger partial charge in [0.15, 0.2) is 0 Å². The van der Waals surface area contributed by atoms with Crippen LogP contribution >= 0.6 is 15.9 Å². The van der Waals surface area contributed by atoms with Gasteiger partial charge in [-0.15, -0.1) is 0 Å². The summed E-state index contributed by atoms with van der Waals surface area (Å²) in [7, 11) is 1.95. The van der Waals surface area contributed by atoms with Gasteiger partial charge in [-0.1, -0.05) is 35.0 Å². The molecule has 0 saturated carbocycles. The van der Waals surface area contributed by atoms with Crippen LogP contribution in [0.3, 0.4) is 0 Å². The minimum atomic E-state index is 0.225. The lowest BCUT2D eigenvalue weighted by Gasteiger charge is -2.17. The van der Waals surface area contributed by atoms with Gasteiger partial charge in [0.25, 0.3) is 0 Å². The minimum absolute atomic E-state index is 0.225. The number of likely N-dealkylation sites (N-methyl/N-ethyl adjacent to an activating group) is 1. The predicted molar refractivity (Wildman–Crippen MR) is 80.3 cm³/mol. The third-order valence-corrected chi connectivity index (χ3v) is 3.46. The summed E-state index contributed by atoms with van der Waals surface area (Å²) in [5.74, 6) is 0.937. The molecule has 3 heteroatoms. The monoisotopic (exact) mass is 307 g/mol. The molecule has 0 fully saturated rings. The zero-order valence-electron chi connectivity index (χ0n) is 10.7. The van der Waals surface area contributed by atoms with Crippen LogP contribution in [0, 0.1) is 0 Å². The van der Waals surface area contributed by atoms with E-state index in [-0.39, 0.29) is 6.10 Å². The van der Waals surface area contributed by atoms with Crippen molar-refractivity contribution in [2.75, 3.05) is 13.6 Å². The molecule has 0 aliphatic heterocycles. The Morgan fingerprint density at radius 1 is 1.17 bits per heavy atom. The van der Waals surface area contributed by atoms with Gasteiger partial charge in [0.1, 0.15) is 11.9 Å². The highest BCUT2D eigenvalue weighted by molar-refractivity contribution is 9.10. The van der Waals surface area contributed by atoms with Crippen molar-refractivity contribution in [1.82, 2.24) is 5.32 Å². The molecule has 0 spiro atoms. The second kappa shape index (κ2) is 6.21. The molecule has 1 N–H and O–H groups in total. The molecule has 2 aromatic carbocycles. The first kappa shape index (κ1) is 13.4. The Bertz CT molecular complexity index is 527. The number of ether oxygens (including phenoxy) is 1. The number of nitrogens with one attached hydrogen (secondary N) is 1. The molecule has 0 bridgehead atoms. The lowest BCUT2D eigenvalue weighted by atomic mass is 10.1. The zero-order valence-corrected chi connectivity index (χ0v) is 12.3. The number of benzene rings is 2. The number of halogens is 1. The van der Waals surface area contributed by atoms with Crippen LogP contribution < -0.4 is 10.1 Å². The average Bonchev–Trinajstić information content (AvgIpc) is 2.38. The Morgan fingerprint density at radius 2 is 1.89 bits per heavy atom. The summed E-state index contributed by atoms with van der Waals surface area (Å²) in [5.41, 5.74) is 0. The van der Waals surface area contributed by atoms with Crippen LogP contribution in [-0.2, 0) is 0 Å². The molecular weight excluding hydrogens is 290 g/mol. The molecule has 1 atom stereocenters. The summed E-state index contributed by atoms with van der Waals surface area (Å²) in [4.78, 5) is 0. The Labute approximate surface area is 116 Å². The van der Waals surface area contributed by atoms with Gasteiger partial charge in [-0.2, -0.15) is 0 Å². The lowest BCUT2D eigenvalue weighted by molar-refractivity contribution is 0.197. The van der Waals surface area contributed by atoms with Gasteiger partial charge >= 0.3 is 0 Å². The van der Waals surface area contributed by atoms with Gasteiger partial charge in [-0.25, -0.2) is 0 Å². The second-order valence-electron chi connectivity index (χ2n) is 4.36. The van der Waals surface area contributed by atoms with Gasteiger partial charge in [0.05, 0.1) is 0 Å². The molecule has 0 saturated heterocycles. The molecule has 2 aromatic rings. The number of rotatable bonds is 5. The van der Waals surface area contributed by atoms with Crippen molar-refractivity contribution < 1.29 is 4.74 Å². The highest BCUT2D eigenvalue weighted by Crippen LogP contribution is 2.24. The van der Waals surface area contributed by atoms with Crippen molar-refractivity contribution in [2.45, 2.75) is 19.4 Å². The standard InChI is InChI=1S/C15H18BrNO/c1-3-14(10-17-2)18-15-7-5-11-8-13(16)6-4-12(11)9-15/h4-9,14,17H,3,10H2,1-2H3. The largest absolute Gasteiger partial charge is 0.489 e. The first-order chi connectivity index (χ1) is 8.72. The maximum Gasteiger partial charge on any atom is 0.120 e. The molecule has 2 nitrogen and oxygen atoms in total. The number of hydrogen-bond donors (Lipinski definition) is 1. The van der Waals surface area contributed by atoms with Gasteiger partial charge in [0.2, 0.25) is 0 Å². The molecule has 0 aliphatic carbocycles. The zero-order chi connectivity index (χ0) is 13.0. The van der Waals surface area contributed by atoms with Crippen molar-refractivity contribution in [3.05, 3.63) is 40.9 Å². The topological polar surface area (TPSA) is 21.3 Å². The van der Waals surface area contributed by atoms with E-state index in [9.17, 15) is 0 Å². The molecule has 0 aliphatic rings. The summed E-state index contributed by atoms with van der Waals surface area (Å²) in [6.45, 7) is 3.01. The average molecular weight is 308 g/mol. The Morgan fingerprint density at radius 3 is 2.61 bits per heavy atom. The Balaban J connectivity index is 2.21. The molecule has 0 heterocycles. The summed E-state index contributed by atoms with van der Waals surface area (Å²) < 4.78 is 7.07. The summed E-state index contributed by atoms with van der Waals surface area (Å²) in [6, 6.07) is 12.5. The normalized spacial score (nSPS) is 12.6. The van der Waals surface area contributed by atoms with E-state index in [1.807, 2.05) is 13.1 Å². The van der Waals surface area contributed by atoms with Gasteiger partial charge in [0, 0.05) is 11.0 Å². The summed E-state index contributed by atoms with van der Waals surface area (Å²) in [6.07, 6.45) is 1.22. The second-order valence-corrected chi connectivity index (χ2v) is 5.27. The third-order valence-electron chi connectivity index (χ3n) is 2.96. The highest BCUT2D eigenvalue weighted by Gasteiger charge is 2.07. The first-order valence-electron chi connectivity index (χ1n) is 6.23. The number of hydrogen-bond acceptors (Lipinski definition) is 2. The van der Waals surface area contributed by atoms with Gasteiger partial charge in [-0.3, -0.25) is 0 Å².